The van der Waals surface area contributed by atoms with Gasteiger partial charge in [0.05, 0.1) is 5.56 Å². The predicted octanol–water partition coefficient (Wildman–Crippen LogP) is 5.63. The van der Waals surface area contributed by atoms with Crippen LogP contribution in [-0.4, -0.2) is 34.4 Å². The van der Waals surface area contributed by atoms with Gasteiger partial charge in [0.15, 0.2) is 5.43 Å². The normalized spacial score (nSPS) is 10.7. The fourth-order valence-electron chi connectivity index (χ4n) is 4.61. The van der Waals surface area contributed by atoms with Gasteiger partial charge in [-0.1, -0.05) is 12.5 Å². The van der Waals surface area contributed by atoms with Crippen LogP contribution in [0.1, 0.15) is 66.2 Å². The molecule has 0 spiro atoms. The topological polar surface area (TPSA) is 134 Å². The number of carboxylic acids is 1. The van der Waals surface area contributed by atoms with E-state index in [1.807, 2.05) is 0 Å². The predicted molar refractivity (Wildman–Crippen MR) is 152 cm³/mol. The highest BCUT2D eigenvalue weighted by atomic mass is 16.4. The lowest BCUT2D eigenvalue weighted by Gasteiger charge is -2.17. The lowest BCUT2D eigenvalue weighted by atomic mass is 9.90. The molecule has 0 radical (unpaired) electrons. The Kier molecular flexibility index (Phi) is 8.97. The number of carbonyl (C=O) groups is 3. The molecule has 1 aliphatic carbocycles. The van der Waals surface area contributed by atoms with Gasteiger partial charge < -0.3 is 19.9 Å². The third kappa shape index (κ3) is 6.56. The molecule has 1 heterocycles. The summed E-state index contributed by atoms with van der Waals surface area (Å²) in [4.78, 5) is 49.0. The first-order chi connectivity index (χ1) is 19.3. The van der Waals surface area contributed by atoms with Crippen LogP contribution in [0.4, 0.5) is 0 Å². The van der Waals surface area contributed by atoms with Crippen LogP contribution in [-0.2, 0) is 4.79 Å². The van der Waals surface area contributed by atoms with E-state index < -0.39 is 11.9 Å². The molecule has 204 valence electrons. The van der Waals surface area contributed by atoms with Crippen molar-refractivity contribution in [3.05, 3.63) is 75.9 Å². The summed E-state index contributed by atoms with van der Waals surface area (Å²) < 4.78 is 5.84. The van der Waals surface area contributed by atoms with Crippen LogP contribution in [0.2, 0.25) is 0 Å². The van der Waals surface area contributed by atoms with Crippen molar-refractivity contribution in [1.82, 2.24) is 5.32 Å². The summed E-state index contributed by atoms with van der Waals surface area (Å²) in [7, 11) is 0. The molecule has 0 bridgehead atoms. The van der Waals surface area contributed by atoms with E-state index >= 15 is 0 Å². The second-order valence-electron chi connectivity index (χ2n) is 9.41. The fourth-order valence-corrected chi connectivity index (χ4v) is 4.61. The molecule has 1 amide bonds. The molecule has 0 aromatic heterocycles. The minimum atomic E-state index is -1.22. The lowest BCUT2D eigenvalue weighted by Crippen LogP contribution is -2.24. The van der Waals surface area contributed by atoms with E-state index in [1.165, 1.54) is 30.3 Å². The molecule has 0 saturated heterocycles. The van der Waals surface area contributed by atoms with E-state index in [1.54, 1.807) is 31.2 Å². The molecule has 0 saturated carbocycles. The first kappa shape index (κ1) is 28.1. The van der Waals surface area contributed by atoms with Crippen molar-refractivity contribution in [3.63, 3.8) is 0 Å². The highest BCUT2D eigenvalue weighted by molar-refractivity contribution is 6.09. The Labute approximate surface area is 231 Å². The number of aromatic carboxylic acids is 1. The maximum absolute atomic E-state index is 12.8. The average Bonchev–Trinajstić information content (AvgIpc) is 2.93. The van der Waals surface area contributed by atoms with Crippen LogP contribution < -0.4 is 10.7 Å². The number of fused-ring (bicyclic) bond motifs is 2. The molecular weight excluding hydrogens is 510 g/mol. The van der Waals surface area contributed by atoms with Crippen LogP contribution in [0, 0.1) is 11.8 Å². The summed E-state index contributed by atoms with van der Waals surface area (Å²) in [6.45, 7) is 2.15. The number of carbonyl (C=O) groups excluding carboxylic acids is 2. The maximum Gasteiger partial charge on any atom is 0.336 e. The largest absolute Gasteiger partial charge is 0.508 e. The van der Waals surface area contributed by atoms with E-state index in [0.717, 1.165) is 12.8 Å². The van der Waals surface area contributed by atoms with Crippen molar-refractivity contribution < 1.29 is 29.0 Å². The molecule has 0 unspecified atom stereocenters. The number of hydrogen-bond acceptors (Lipinski definition) is 6. The maximum atomic E-state index is 12.8. The standard InChI is InChI=1S/C32H29NO7/c1-2-3-5-8-21(34)9-6-4-7-16-33-31(37)20-10-13-24(27(17-20)32(38)39)30-25-14-11-22(35)18-28(25)40-29-19-23(36)12-15-26(29)30/h10-15,17-19,35H,4-9,16H2,1H3,(H,33,37)(H,38,39). The number of nitrogens with one attached hydrogen (secondary N) is 1. The number of phenols is 1. The molecule has 0 fully saturated rings. The summed E-state index contributed by atoms with van der Waals surface area (Å²) in [6.07, 6.45) is 3.75. The number of benzene rings is 3. The first-order valence-corrected chi connectivity index (χ1v) is 13.1. The van der Waals surface area contributed by atoms with Gasteiger partial charge in [-0.25, -0.2) is 4.79 Å². The smallest absolute Gasteiger partial charge is 0.336 e. The lowest BCUT2D eigenvalue weighted by molar-refractivity contribution is -0.119. The summed E-state index contributed by atoms with van der Waals surface area (Å²) >= 11 is 0. The number of unbranched alkanes of at least 4 members (excludes halogenated alkanes) is 2. The monoisotopic (exact) mass is 539 g/mol. The number of Topliss-reactive ketones (excluding diaryl/α,β-unsaturated/α-hetero) is 1. The molecular formula is C32H29NO7. The van der Waals surface area contributed by atoms with Crippen molar-refractivity contribution in [3.8, 4) is 40.0 Å². The van der Waals surface area contributed by atoms with E-state index in [4.69, 9.17) is 4.42 Å². The van der Waals surface area contributed by atoms with Gasteiger partial charge in [-0.05, 0) is 61.7 Å². The summed E-state index contributed by atoms with van der Waals surface area (Å²) in [5, 5.41) is 23.4. The van der Waals surface area contributed by atoms with E-state index in [-0.39, 0.29) is 39.4 Å². The Bertz CT molecular complexity index is 1670. The van der Waals surface area contributed by atoms with E-state index in [0.29, 0.717) is 54.3 Å². The number of ketones is 1. The summed E-state index contributed by atoms with van der Waals surface area (Å²) in [5.41, 5.74) is 1.48. The van der Waals surface area contributed by atoms with Gasteiger partial charge in [0.2, 0.25) is 0 Å². The Balaban J connectivity index is 1.53. The molecule has 40 heavy (non-hydrogen) atoms. The fraction of sp³-hybridized carbons (Fsp3) is 0.250. The Hall–Kier alpha value is -4.90. The zero-order chi connectivity index (χ0) is 28.6. The van der Waals surface area contributed by atoms with Gasteiger partial charge in [0, 0.05) is 60.0 Å². The van der Waals surface area contributed by atoms with Gasteiger partial charge in [-0.3, -0.25) is 14.4 Å². The zero-order valence-electron chi connectivity index (χ0n) is 22.1. The minimum Gasteiger partial charge on any atom is -0.508 e. The second kappa shape index (κ2) is 12.8. The molecule has 2 aromatic carbocycles. The Morgan fingerprint density at radius 2 is 1.73 bits per heavy atom. The Morgan fingerprint density at radius 1 is 0.925 bits per heavy atom. The van der Waals surface area contributed by atoms with Gasteiger partial charge in [0.25, 0.3) is 5.91 Å². The number of rotatable bonds is 11. The number of amides is 1. The van der Waals surface area contributed by atoms with Gasteiger partial charge in [-0.15, -0.1) is 11.8 Å². The SMILES string of the molecule is CC#CCCC(=O)CCCCCNC(=O)c1ccc(-c2c3ccc(=O)cc-3oc3cc(O)ccc23)c(C(=O)O)c1. The molecule has 0 atom stereocenters. The van der Waals surface area contributed by atoms with Crippen molar-refractivity contribution in [2.75, 3.05) is 6.54 Å². The molecule has 1 aliphatic heterocycles. The zero-order valence-corrected chi connectivity index (χ0v) is 22.1. The van der Waals surface area contributed by atoms with Gasteiger partial charge in [-0.2, -0.15) is 0 Å². The average molecular weight is 540 g/mol. The highest BCUT2D eigenvalue weighted by Gasteiger charge is 2.23. The number of phenolic OH excluding ortho intramolecular Hbond substituents is 1. The van der Waals surface area contributed by atoms with Crippen molar-refractivity contribution in [2.45, 2.75) is 45.4 Å². The summed E-state index contributed by atoms with van der Waals surface area (Å²) in [6, 6.07) is 13.2. The van der Waals surface area contributed by atoms with E-state index in [9.17, 15) is 29.4 Å². The number of hydrogen-bond donors (Lipinski definition) is 3. The van der Waals surface area contributed by atoms with Crippen LogP contribution >= 0.6 is 0 Å². The third-order valence-electron chi connectivity index (χ3n) is 6.58. The number of carboxylic acid groups (broad SMARTS) is 1. The first-order valence-electron chi connectivity index (χ1n) is 13.1. The van der Waals surface area contributed by atoms with Crippen LogP contribution in [0.3, 0.4) is 0 Å². The number of aromatic hydroxyl groups is 1. The second-order valence-corrected chi connectivity index (χ2v) is 9.41. The van der Waals surface area contributed by atoms with Crippen molar-refractivity contribution in [1.29, 1.82) is 0 Å². The Morgan fingerprint density at radius 3 is 2.50 bits per heavy atom. The van der Waals surface area contributed by atoms with Crippen LogP contribution in [0.5, 0.6) is 5.75 Å². The van der Waals surface area contributed by atoms with Crippen molar-refractivity contribution in [2.24, 2.45) is 0 Å². The third-order valence-corrected chi connectivity index (χ3v) is 6.58. The minimum absolute atomic E-state index is 0.0428. The van der Waals surface area contributed by atoms with Crippen LogP contribution in [0.15, 0.2) is 63.8 Å². The molecule has 3 N–H and O–H groups in total. The quantitative estimate of drug-likeness (QED) is 0.128. The van der Waals surface area contributed by atoms with Crippen LogP contribution in [0.25, 0.3) is 33.4 Å². The molecule has 2 aliphatic rings. The van der Waals surface area contributed by atoms with Gasteiger partial charge in [0.1, 0.15) is 22.9 Å². The van der Waals surface area contributed by atoms with Gasteiger partial charge >= 0.3 is 5.97 Å². The summed E-state index contributed by atoms with van der Waals surface area (Å²) in [5.74, 6) is 4.42. The van der Waals surface area contributed by atoms with Crippen molar-refractivity contribution >= 4 is 28.6 Å². The highest BCUT2D eigenvalue weighted by Crippen LogP contribution is 2.42. The molecule has 4 rings (SSSR count). The molecule has 8 heteroatoms. The molecule has 2 aromatic rings. The van der Waals surface area contributed by atoms with E-state index in [2.05, 4.69) is 17.2 Å². The molecule has 8 nitrogen and oxygen atoms in total.